The van der Waals surface area contributed by atoms with Gasteiger partial charge >= 0.3 is 0 Å². The zero-order valence-corrected chi connectivity index (χ0v) is 11.2. The summed E-state index contributed by atoms with van der Waals surface area (Å²) in [6, 6.07) is 7.60. The van der Waals surface area contributed by atoms with Gasteiger partial charge in [0.1, 0.15) is 0 Å². The fraction of sp³-hybridized carbons (Fsp3) is 0.357. The highest BCUT2D eigenvalue weighted by Crippen LogP contribution is 2.21. The molecule has 0 bridgehead atoms. The quantitative estimate of drug-likeness (QED) is 0.888. The lowest BCUT2D eigenvalue weighted by Gasteiger charge is -2.14. The van der Waals surface area contributed by atoms with Crippen LogP contribution in [0.1, 0.15) is 13.3 Å². The van der Waals surface area contributed by atoms with Crippen LogP contribution < -0.4 is 10.6 Å². The smallest absolute Gasteiger partial charge is 0.247 e. The molecule has 1 fully saturated rings. The second-order valence-corrected chi connectivity index (χ2v) is 4.95. The first kappa shape index (κ1) is 12.8. The summed E-state index contributed by atoms with van der Waals surface area (Å²) >= 11 is 0. The van der Waals surface area contributed by atoms with Gasteiger partial charge in [0, 0.05) is 17.3 Å². The molecule has 1 aromatic carbocycles. The van der Waals surface area contributed by atoms with Crippen LogP contribution in [0.5, 0.6) is 0 Å². The molecule has 0 spiro atoms. The Morgan fingerprint density at radius 1 is 1.40 bits per heavy atom. The highest BCUT2D eigenvalue weighted by atomic mass is 16.4. The molecule has 1 amide bonds. The Hall–Kier alpha value is -2.21. The number of anilines is 1. The van der Waals surface area contributed by atoms with E-state index in [4.69, 9.17) is 4.42 Å². The van der Waals surface area contributed by atoms with Crippen LogP contribution >= 0.6 is 0 Å². The third-order valence-corrected chi connectivity index (χ3v) is 3.62. The zero-order valence-electron chi connectivity index (χ0n) is 11.2. The lowest BCUT2D eigenvalue weighted by molar-refractivity contribution is -0.119. The summed E-state index contributed by atoms with van der Waals surface area (Å²) in [7, 11) is 0. The van der Waals surface area contributed by atoms with Gasteiger partial charge in [-0.15, -0.1) is 10.2 Å². The van der Waals surface area contributed by atoms with Gasteiger partial charge in [-0.1, -0.05) is 0 Å². The molecule has 104 valence electrons. The van der Waals surface area contributed by atoms with E-state index in [0.717, 1.165) is 24.2 Å². The predicted octanol–water partition coefficient (Wildman–Crippen LogP) is 1.67. The molecule has 2 aromatic rings. The molecule has 2 heterocycles. The minimum absolute atomic E-state index is 0.0330. The van der Waals surface area contributed by atoms with E-state index >= 15 is 0 Å². The monoisotopic (exact) mass is 272 g/mol. The average Bonchev–Trinajstić information content (AvgIpc) is 3.10. The molecule has 1 aliphatic heterocycles. The normalized spacial score (nSPS) is 21.9. The summed E-state index contributed by atoms with van der Waals surface area (Å²) in [5.74, 6) is 0.565. The third-order valence-electron chi connectivity index (χ3n) is 3.62. The summed E-state index contributed by atoms with van der Waals surface area (Å²) in [5.41, 5.74) is 1.61. The maximum absolute atomic E-state index is 12.1. The Labute approximate surface area is 116 Å². The molecule has 3 rings (SSSR count). The second-order valence-electron chi connectivity index (χ2n) is 4.95. The van der Waals surface area contributed by atoms with Gasteiger partial charge in [-0.25, -0.2) is 0 Å². The van der Waals surface area contributed by atoms with Gasteiger partial charge in [-0.2, -0.15) is 0 Å². The zero-order chi connectivity index (χ0) is 13.9. The summed E-state index contributed by atoms with van der Waals surface area (Å²) < 4.78 is 5.12. The molecule has 0 radical (unpaired) electrons. The Bertz CT molecular complexity index is 580. The van der Waals surface area contributed by atoms with Gasteiger partial charge < -0.3 is 15.1 Å². The van der Waals surface area contributed by atoms with E-state index in [9.17, 15) is 4.79 Å². The summed E-state index contributed by atoms with van der Waals surface area (Å²) in [6.45, 7) is 2.94. The highest BCUT2D eigenvalue weighted by Gasteiger charge is 2.29. The number of nitrogens with one attached hydrogen (secondary N) is 2. The van der Waals surface area contributed by atoms with Gasteiger partial charge in [0.25, 0.3) is 0 Å². The van der Waals surface area contributed by atoms with Gasteiger partial charge in [0.05, 0.1) is 5.92 Å². The molecule has 6 heteroatoms. The molecular weight excluding hydrogens is 256 g/mol. The van der Waals surface area contributed by atoms with Gasteiger partial charge in [0.15, 0.2) is 0 Å². The van der Waals surface area contributed by atoms with E-state index in [2.05, 4.69) is 20.8 Å². The minimum atomic E-state index is 0.0330. The van der Waals surface area contributed by atoms with Crippen LogP contribution in [0, 0.1) is 5.92 Å². The fourth-order valence-corrected chi connectivity index (χ4v) is 2.45. The molecule has 2 atom stereocenters. The summed E-state index contributed by atoms with van der Waals surface area (Å²) in [5, 5.41) is 13.7. The van der Waals surface area contributed by atoms with Crippen LogP contribution in [0.2, 0.25) is 0 Å². The van der Waals surface area contributed by atoms with Crippen LogP contribution in [-0.4, -0.2) is 28.7 Å². The number of carbonyl (C=O) groups excluding carboxylic acids is 1. The number of hydrogen-bond donors (Lipinski definition) is 2. The topological polar surface area (TPSA) is 80.0 Å². The molecule has 1 aromatic heterocycles. The number of nitrogens with zero attached hydrogens (tertiary/aromatic N) is 2. The number of carbonyl (C=O) groups is 1. The van der Waals surface area contributed by atoms with E-state index in [-0.39, 0.29) is 17.9 Å². The molecular formula is C14H16N4O2. The van der Waals surface area contributed by atoms with Crippen molar-refractivity contribution in [3.8, 4) is 11.5 Å². The molecule has 20 heavy (non-hydrogen) atoms. The van der Waals surface area contributed by atoms with Crippen LogP contribution in [-0.2, 0) is 4.79 Å². The van der Waals surface area contributed by atoms with Gasteiger partial charge in [-0.3, -0.25) is 4.79 Å². The first-order valence-electron chi connectivity index (χ1n) is 6.65. The van der Waals surface area contributed by atoms with Crippen LogP contribution in [0.3, 0.4) is 0 Å². The van der Waals surface area contributed by atoms with Crippen LogP contribution in [0.4, 0.5) is 5.69 Å². The average molecular weight is 272 g/mol. The van der Waals surface area contributed by atoms with Crippen molar-refractivity contribution in [1.82, 2.24) is 15.5 Å². The number of rotatable bonds is 3. The van der Waals surface area contributed by atoms with Crippen molar-refractivity contribution in [3.05, 3.63) is 30.7 Å². The van der Waals surface area contributed by atoms with E-state index in [0.29, 0.717) is 5.89 Å². The summed E-state index contributed by atoms with van der Waals surface area (Å²) in [6.07, 6.45) is 2.17. The lowest BCUT2D eigenvalue weighted by atomic mass is 10.0. The van der Waals surface area contributed by atoms with Crippen molar-refractivity contribution < 1.29 is 9.21 Å². The highest BCUT2D eigenvalue weighted by molar-refractivity contribution is 5.93. The van der Waals surface area contributed by atoms with Crippen molar-refractivity contribution in [3.63, 3.8) is 0 Å². The molecule has 1 aliphatic rings. The van der Waals surface area contributed by atoms with E-state index < -0.39 is 0 Å². The fourth-order valence-electron chi connectivity index (χ4n) is 2.45. The van der Waals surface area contributed by atoms with E-state index in [1.165, 1.54) is 6.39 Å². The Kier molecular flexibility index (Phi) is 3.47. The van der Waals surface area contributed by atoms with Crippen molar-refractivity contribution in [2.24, 2.45) is 5.92 Å². The summed E-state index contributed by atoms with van der Waals surface area (Å²) in [4.78, 5) is 12.1. The number of hydrogen-bond acceptors (Lipinski definition) is 5. The van der Waals surface area contributed by atoms with Crippen molar-refractivity contribution in [2.75, 3.05) is 11.9 Å². The lowest BCUT2D eigenvalue weighted by Crippen LogP contribution is -2.32. The van der Waals surface area contributed by atoms with E-state index in [1.54, 1.807) is 0 Å². The molecule has 0 saturated carbocycles. The van der Waals surface area contributed by atoms with Crippen molar-refractivity contribution in [2.45, 2.75) is 19.4 Å². The van der Waals surface area contributed by atoms with Crippen molar-refractivity contribution >= 4 is 11.6 Å². The number of benzene rings is 1. The maximum atomic E-state index is 12.1. The first-order valence-corrected chi connectivity index (χ1v) is 6.65. The first-order chi connectivity index (χ1) is 9.74. The van der Waals surface area contributed by atoms with Crippen molar-refractivity contribution in [1.29, 1.82) is 0 Å². The minimum Gasteiger partial charge on any atom is -0.423 e. The molecule has 2 N–H and O–H groups in total. The van der Waals surface area contributed by atoms with Crippen LogP contribution in [0.25, 0.3) is 11.5 Å². The predicted molar refractivity (Wildman–Crippen MR) is 73.9 cm³/mol. The largest absolute Gasteiger partial charge is 0.423 e. The molecule has 6 nitrogen and oxygen atoms in total. The Morgan fingerprint density at radius 2 is 2.20 bits per heavy atom. The standard InChI is InChI=1S/C14H16N4O2/c1-9-12(6-7-15-9)13(19)17-11-4-2-10(3-5-11)14-18-16-8-20-14/h2-5,8-9,12,15H,6-7H2,1H3,(H,17,19). The van der Waals surface area contributed by atoms with Gasteiger partial charge in [0.2, 0.25) is 18.2 Å². The number of amides is 1. The second kappa shape index (κ2) is 5.42. The Morgan fingerprint density at radius 3 is 2.80 bits per heavy atom. The SMILES string of the molecule is CC1NCCC1C(=O)Nc1ccc(-c2nnco2)cc1. The molecule has 0 aliphatic carbocycles. The van der Waals surface area contributed by atoms with Crippen LogP contribution in [0.15, 0.2) is 35.1 Å². The third kappa shape index (κ3) is 2.55. The van der Waals surface area contributed by atoms with Gasteiger partial charge in [-0.05, 0) is 44.2 Å². The van der Waals surface area contributed by atoms with E-state index in [1.807, 2.05) is 31.2 Å². The molecule has 2 unspecified atom stereocenters. The maximum Gasteiger partial charge on any atom is 0.247 e. The Balaban J connectivity index is 1.68. The molecule has 1 saturated heterocycles. The number of aromatic nitrogens is 2.